The summed E-state index contributed by atoms with van der Waals surface area (Å²) in [6.07, 6.45) is 3.34. The number of aromatic amines is 1. The fourth-order valence-electron chi connectivity index (χ4n) is 2.93. The first-order chi connectivity index (χ1) is 10.8. The summed E-state index contributed by atoms with van der Waals surface area (Å²) in [5, 5.41) is 2.80. The van der Waals surface area contributed by atoms with Crippen molar-refractivity contribution in [2.45, 2.75) is 52.2 Å². The van der Waals surface area contributed by atoms with Crippen LogP contribution in [-0.4, -0.2) is 46.6 Å². The summed E-state index contributed by atoms with van der Waals surface area (Å²) in [6.45, 7) is 8.73. The number of ether oxygens (including phenoxy) is 1. The molecule has 0 aliphatic carbocycles. The molecule has 0 bridgehead atoms. The summed E-state index contributed by atoms with van der Waals surface area (Å²) in [7, 11) is 0. The average molecular weight is 321 g/mol. The van der Waals surface area contributed by atoms with E-state index in [0.717, 1.165) is 12.8 Å². The zero-order chi connectivity index (χ0) is 17.0. The molecule has 6 nitrogen and oxygen atoms in total. The molecule has 1 aliphatic rings. The van der Waals surface area contributed by atoms with Gasteiger partial charge in [-0.1, -0.05) is 6.92 Å². The second-order valence-electron chi connectivity index (χ2n) is 7.15. The first kappa shape index (κ1) is 17.4. The van der Waals surface area contributed by atoms with E-state index in [2.05, 4.69) is 17.2 Å². The number of H-pyrrole nitrogens is 1. The molecule has 1 fully saturated rings. The molecule has 0 spiro atoms. The SMILES string of the molecule is C[C@H]1CCCN(C(=O)c2ccc[nH]2)[C@H]1CNC(=O)OC(C)(C)C. The molecule has 0 unspecified atom stereocenters. The minimum absolute atomic E-state index is 0.0162. The summed E-state index contributed by atoms with van der Waals surface area (Å²) in [6, 6.07) is 3.57. The number of amides is 2. The van der Waals surface area contributed by atoms with Crippen molar-refractivity contribution in [3.8, 4) is 0 Å². The van der Waals surface area contributed by atoms with Gasteiger partial charge in [0.25, 0.3) is 5.91 Å². The minimum Gasteiger partial charge on any atom is -0.444 e. The Labute approximate surface area is 137 Å². The summed E-state index contributed by atoms with van der Waals surface area (Å²) in [5.41, 5.74) is 0.0588. The largest absolute Gasteiger partial charge is 0.444 e. The Morgan fingerprint density at radius 2 is 2.17 bits per heavy atom. The van der Waals surface area contributed by atoms with E-state index in [-0.39, 0.29) is 11.9 Å². The van der Waals surface area contributed by atoms with Crippen LogP contribution < -0.4 is 5.32 Å². The van der Waals surface area contributed by atoms with E-state index < -0.39 is 11.7 Å². The number of alkyl carbamates (subject to hydrolysis) is 1. The highest BCUT2D eigenvalue weighted by Crippen LogP contribution is 2.24. The molecule has 2 rings (SSSR count). The van der Waals surface area contributed by atoms with E-state index >= 15 is 0 Å². The first-order valence-electron chi connectivity index (χ1n) is 8.19. The van der Waals surface area contributed by atoms with Gasteiger partial charge in [0, 0.05) is 19.3 Å². The Morgan fingerprint density at radius 3 is 2.78 bits per heavy atom. The Hall–Kier alpha value is -1.98. The van der Waals surface area contributed by atoms with Crippen LogP contribution in [0.15, 0.2) is 18.3 Å². The molecule has 1 saturated heterocycles. The van der Waals surface area contributed by atoms with Crippen molar-refractivity contribution in [3.63, 3.8) is 0 Å². The molecule has 1 aromatic rings. The lowest BCUT2D eigenvalue weighted by atomic mass is 9.90. The van der Waals surface area contributed by atoms with Gasteiger partial charge in [-0.05, 0) is 51.7 Å². The van der Waals surface area contributed by atoms with Crippen molar-refractivity contribution in [1.29, 1.82) is 0 Å². The van der Waals surface area contributed by atoms with Crippen molar-refractivity contribution in [2.24, 2.45) is 5.92 Å². The number of nitrogens with one attached hydrogen (secondary N) is 2. The maximum atomic E-state index is 12.6. The molecular formula is C17H27N3O3. The van der Waals surface area contributed by atoms with Crippen molar-refractivity contribution in [1.82, 2.24) is 15.2 Å². The predicted octanol–water partition coefficient (Wildman–Crippen LogP) is 2.78. The molecule has 6 heteroatoms. The minimum atomic E-state index is -0.526. The lowest BCUT2D eigenvalue weighted by Gasteiger charge is -2.40. The van der Waals surface area contributed by atoms with E-state index in [1.165, 1.54) is 0 Å². The van der Waals surface area contributed by atoms with Gasteiger partial charge >= 0.3 is 6.09 Å². The summed E-state index contributed by atoms with van der Waals surface area (Å²) < 4.78 is 5.27. The quantitative estimate of drug-likeness (QED) is 0.899. The average Bonchev–Trinajstić information content (AvgIpc) is 2.97. The third-order valence-electron chi connectivity index (χ3n) is 4.06. The number of likely N-dealkylation sites (tertiary alicyclic amines) is 1. The zero-order valence-electron chi connectivity index (χ0n) is 14.4. The number of rotatable bonds is 3. The molecule has 1 aliphatic heterocycles. The number of carbonyl (C=O) groups excluding carboxylic acids is 2. The van der Waals surface area contributed by atoms with Gasteiger partial charge < -0.3 is 19.9 Å². The normalized spacial score (nSPS) is 21.8. The number of piperidine rings is 1. The standard InChI is InChI=1S/C17H27N3O3/c1-12-7-6-10-20(15(21)13-8-5-9-18-13)14(12)11-19-16(22)23-17(2,3)4/h5,8-9,12,14,18H,6-7,10-11H2,1-4H3,(H,19,22)/t12-,14-/m0/s1. The van der Waals surface area contributed by atoms with Crippen LogP contribution in [0.4, 0.5) is 4.79 Å². The molecule has 0 saturated carbocycles. The fraction of sp³-hybridized carbons (Fsp3) is 0.647. The molecular weight excluding hydrogens is 294 g/mol. The van der Waals surface area contributed by atoms with Crippen LogP contribution in [0.3, 0.4) is 0 Å². The topological polar surface area (TPSA) is 74.4 Å². The van der Waals surface area contributed by atoms with Crippen LogP contribution in [0.5, 0.6) is 0 Å². The van der Waals surface area contributed by atoms with Gasteiger partial charge in [0.05, 0.1) is 6.04 Å². The number of carbonyl (C=O) groups is 2. The summed E-state index contributed by atoms with van der Waals surface area (Å²) in [4.78, 5) is 29.3. The molecule has 0 aromatic carbocycles. The monoisotopic (exact) mass is 321 g/mol. The predicted molar refractivity (Wildman–Crippen MR) is 88.3 cm³/mol. The fourth-order valence-corrected chi connectivity index (χ4v) is 2.93. The summed E-state index contributed by atoms with van der Waals surface area (Å²) >= 11 is 0. The van der Waals surface area contributed by atoms with Gasteiger partial charge in [0.2, 0.25) is 0 Å². The molecule has 1 aromatic heterocycles. The number of hydrogen-bond donors (Lipinski definition) is 2. The van der Waals surface area contributed by atoms with Gasteiger partial charge in [-0.2, -0.15) is 0 Å². The van der Waals surface area contributed by atoms with Crippen molar-refractivity contribution < 1.29 is 14.3 Å². The van der Waals surface area contributed by atoms with Gasteiger partial charge in [-0.3, -0.25) is 4.79 Å². The van der Waals surface area contributed by atoms with Crippen LogP contribution in [0.2, 0.25) is 0 Å². The molecule has 2 heterocycles. The Bertz CT molecular complexity index is 534. The first-order valence-corrected chi connectivity index (χ1v) is 8.19. The van der Waals surface area contributed by atoms with Crippen molar-refractivity contribution in [2.75, 3.05) is 13.1 Å². The van der Waals surface area contributed by atoms with Crippen LogP contribution >= 0.6 is 0 Å². The maximum absolute atomic E-state index is 12.6. The van der Waals surface area contributed by atoms with E-state index in [1.54, 1.807) is 12.3 Å². The number of aromatic nitrogens is 1. The number of hydrogen-bond acceptors (Lipinski definition) is 3. The van der Waals surface area contributed by atoms with Crippen molar-refractivity contribution >= 4 is 12.0 Å². The molecule has 23 heavy (non-hydrogen) atoms. The molecule has 128 valence electrons. The Balaban J connectivity index is 2.00. The maximum Gasteiger partial charge on any atom is 0.407 e. The highest BCUT2D eigenvalue weighted by atomic mass is 16.6. The van der Waals surface area contributed by atoms with Crippen LogP contribution in [-0.2, 0) is 4.74 Å². The molecule has 2 atom stereocenters. The van der Waals surface area contributed by atoms with Crippen molar-refractivity contribution in [3.05, 3.63) is 24.0 Å². The highest BCUT2D eigenvalue weighted by molar-refractivity contribution is 5.92. The van der Waals surface area contributed by atoms with Gasteiger partial charge in [0.1, 0.15) is 11.3 Å². The third kappa shape index (κ3) is 4.74. The highest BCUT2D eigenvalue weighted by Gasteiger charge is 2.33. The van der Waals surface area contributed by atoms with Crippen LogP contribution in [0, 0.1) is 5.92 Å². The van der Waals surface area contributed by atoms with Crippen LogP contribution in [0.25, 0.3) is 0 Å². The van der Waals surface area contributed by atoms with E-state index in [1.807, 2.05) is 31.7 Å². The summed E-state index contributed by atoms with van der Waals surface area (Å²) in [5.74, 6) is 0.315. The molecule has 2 N–H and O–H groups in total. The Morgan fingerprint density at radius 1 is 1.43 bits per heavy atom. The second kappa shape index (κ2) is 7.06. The zero-order valence-corrected chi connectivity index (χ0v) is 14.4. The molecule has 2 amide bonds. The van der Waals surface area contributed by atoms with Crippen LogP contribution in [0.1, 0.15) is 51.0 Å². The van der Waals surface area contributed by atoms with E-state index in [0.29, 0.717) is 24.7 Å². The van der Waals surface area contributed by atoms with Gasteiger partial charge in [0.15, 0.2) is 0 Å². The molecule has 0 radical (unpaired) electrons. The van der Waals surface area contributed by atoms with Gasteiger partial charge in [-0.25, -0.2) is 4.79 Å². The second-order valence-corrected chi connectivity index (χ2v) is 7.15. The lowest BCUT2D eigenvalue weighted by molar-refractivity contribution is 0.0405. The smallest absolute Gasteiger partial charge is 0.407 e. The lowest BCUT2D eigenvalue weighted by Crippen LogP contribution is -2.53. The van der Waals surface area contributed by atoms with Gasteiger partial charge in [-0.15, -0.1) is 0 Å². The number of nitrogens with zero attached hydrogens (tertiary/aromatic N) is 1. The third-order valence-corrected chi connectivity index (χ3v) is 4.06. The van der Waals surface area contributed by atoms with E-state index in [4.69, 9.17) is 4.74 Å². The Kier molecular flexibility index (Phi) is 5.34. The van der Waals surface area contributed by atoms with E-state index in [9.17, 15) is 9.59 Å².